The number of rotatable bonds is 8. The maximum atomic E-state index is 5.11. The lowest BCUT2D eigenvalue weighted by Gasteiger charge is -2.29. The highest BCUT2D eigenvalue weighted by Crippen LogP contribution is 2.01. The fraction of sp³-hybridized carbons (Fsp3) is 1.00. The smallest absolute Gasteiger partial charge is 0.0589 e. The first-order valence-corrected chi connectivity index (χ1v) is 5.55. The van der Waals surface area contributed by atoms with Crippen LogP contribution < -0.4 is 5.32 Å². The fourth-order valence-corrected chi connectivity index (χ4v) is 1.48. The van der Waals surface area contributed by atoms with Crippen molar-refractivity contribution in [3.8, 4) is 0 Å². The molecule has 3 heteroatoms. The van der Waals surface area contributed by atoms with Crippen molar-refractivity contribution < 1.29 is 4.74 Å². The van der Waals surface area contributed by atoms with Gasteiger partial charge in [-0.15, -0.1) is 0 Å². The van der Waals surface area contributed by atoms with E-state index in [0.29, 0.717) is 12.1 Å². The van der Waals surface area contributed by atoms with Crippen molar-refractivity contribution in [1.82, 2.24) is 10.2 Å². The molecule has 0 aliphatic heterocycles. The molecule has 0 heterocycles. The van der Waals surface area contributed by atoms with Gasteiger partial charge in [-0.05, 0) is 27.3 Å². The van der Waals surface area contributed by atoms with Crippen LogP contribution in [0.15, 0.2) is 0 Å². The Kier molecular flexibility index (Phi) is 8.14. The molecule has 0 aromatic heterocycles. The fourth-order valence-electron chi connectivity index (χ4n) is 1.48. The molecule has 0 bridgehead atoms. The predicted octanol–water partition coefficient (Wildman–Crippen LogP) is 1.34. The number of nitrogens with zero attached hydrogens (tertiary/aromatic N) is 1. The topological polar surface area (TPSA) is 24.5 Å². The Balaban J connectivity index is 3.93. The number of hydrogen-bond donors (Lipinski definition) is 1. The second-order valence-corrected chi connectivity index (χ2v) is 3.98. The average molecular weight is 202 g/mol. The maximum absolute atomic E-state index is 5.11. The molecule has 0 radical (unpaired) electrons. The molecule has 0 aliphatic carbocycles. The van der Waals surface area contributed by atoms with Gasteiger partial charge in [-0.1, -0.05) is 6.92 Å². The maximum Gasteiger partial charge on any atom is 0.0589 e. The third-order valence-corrected chi connectivity index (χ3v) is 2.67. The van der Waals surface area contributed by atoms with Crippen molar-refractivity contribution in [3.05, 3.63) is 0 Å². The molecule has 0 fully saturated rings. The molecule has 86 valence electrons. The first-order chi connectivity index (χ1) is 6.65. The van der Waals surface area contributed by atoms with Gasteiger partial charge in [0, 0.05) is 32.3 Å². The Morgan fingerprint density at radius 1 is 1.36 bits per heavy atom. The number of nitrogens with one attached hydrogen (secondary N) is 1. The molecule has 1 N–H and O–H groups in total. The summed E-state index contributed by atoms with van der Waals surface area (Å²) in [4.78, 5) is 2.45. The van der Waals surface area contributed by atoms with Crippen LogP contribution in [0, 0.1) is 0 Å². The van der Waals surface area contributed by atoms with Crippen LogP contribution in [0.3, 0.4) is 0 Å². The van der Waals surface area contributed by atoms with Crippen molar-refractivity contribution in [3.63, 3.8) is 0 Å². The van der Waals surface area contributed by atoms with Crippen molar-refractivity contribution in [2.75, 3.05) is 33.9 Å². The van der Waals surface area contributed by atoms with E-state index in [1.165, 1.54) is 6.42 Å². The zero-order chi connectivity index (χ0) is 11.0. The van der Waals surface area contributed by atoms with Crippen LogP contribution >= 0.6 is 0 Å². The minimum atomic E-state index is 0.590. The molecular weight excluding hydrogens is 176 g/mol. The van der Waals surface area contributed by atoms with E-state index >= 15 is 0 Å². The lowest BCUT2D eigenvalue weighted by molar-refractivity contribution is 0.121. The van der Waals surface area contributed by atoms with Crippen LogP contribution in [0.4, 0.5) is 0 Å². The van der Waals surface area contributed by atoms with Crippen LogP contribution in [0.2, 0.25) is 0 Å². The van der Waals surface area contributed by atoms with Gasteiger partial charge < -0.3 is 10.1 Å². The largest absolute Gasteiger partial charge is 0.383 e. The van der Waals surface area contributed by atoms with Gasteiger partial charge in [0.15, 0.2) is 0 Å². The van der Waals surface area contributed by atoms with Crippen LogP contribution in [0.25, 0.3) is 0 Å². The number of methoxy groups -OCH3 is 1. The molecule has 0 aromatic carbocycles. The Labute approximate surface area is 88.8 Å². The summed E-state index contributed by atoms with van der Waals surface area (Å²) in [6, 6.07) is 1.18. The van der Waals surface area contributed by atoms with E-state index in [-0.39, 0.29) is 0 Å². The molecule has 14 heavy (non-hydrogen) atoms. The normalized spacial score (nSPS) is 13.9. The summed E-state index contributed by atoms with van der Waals surface area (Å²) in [6.45, 7) is 9.63. The van der Waals surface area contributed by atoms with Crippen molar-refractivity contribution in [2.45, 2.75) is 39.3 Å². The van der Waals surface area contributed by atoms with Crippen LogP contribution in [0.1, 0.15) is 27.2 Å². The van der Waals surface area contributed by atoms with E-state index in [0.717, 1.165) is 19.7 Å². The van der Waals surface area contributed by atoms with Gasteiger partial charge >= 0.3 is 0 Å². The van der Waals surface area contributed by atoms with Gasteiger partial charge in [0.25, 0.3) is 0 Å². The van der Waals surface area contributed by atoms with Crippen LogP contribution in [0.5, 0.6) is 0 Å². The minimum absolute atomic E-state index is 0.590. The summed E-state index contributed by atoms with van der Waals surface area (Å²) in [5.74, 6) is 0. The van der Waals surface area contributed by atoms with Gasteiger partial charge in [-0.25, -0.2) is 0 Å². The molecule has 1 unspecified atom stereocenters. The van der Waals surface area contributed by atoms with Crippen molar-refractivity contribution in [1.29, 1.82) is 0 Å². The highest BCUT2D eigenvalue weighted by Gasteiger charge is 2.13. The second-order valence-electron chi connectivity index (χ2n) is 3.98. The molecule has 0 saturated heterocycles. The van der Waals surface area contributed by atoms with Gasteiger partial charge in [-0.3, -0.25) is 4.90 Å². The molecule has 0 amide bonds. The van der Waals surface area contributed by atoms with E-state index in [2.05, 4.69) is 31.0 Å². The first kappa shape index (κ1) is 13.9. The Morgan fingerprint density at radius 2 is 2.00 bits per heavy atom. The molecular formula is C11H26N2O. The van der Waals surface area contributed by atoms with Crippen LogP contribution in [-0.2, 0) is 4.74 Å². The molecule has 0 saturated carbocycles. The van der Waals surface area contributed by atoms with Gasteiger partial charge in [0.1, 0.15) is 0 Å². The number of likely N-dealkylation sites (N-methyl/N-ethyl adjacent to an activating group) is 1. The number of hydrogen-bond acceptors (Lipinski definition) is 3. The van der Waals surface area contributed by atoms with E-state index in [4.69, 9.17) is 4.74 Å². The van der Waals surface area contributed by atoms with Gasteiger partial charge in [0.05, 0.1) is 6.61 Å². The average Bonchev–Trinajstić information content (AvgIpc) is 2.18. The monoisotopic (exact) mass is 202 g/mol. The van der Waals surface area contributed by atoms with E-state index in [1.807, 2.05) is 7.05 Å². The third-order valence-electron chi connectivity index (χ3n) is 2.67. The van der Waals surface area contributed by atoms with Gasteiger partial charge in [0.2, 0.25) is 0 Å². The molecule has 3 nitrogen and oxygen atoms in total. The third kappa shape index (κ3) is 5.58. The highest BCUT2D eigenvalue weighted by atomic mass is 16.5. The quantitative estimate of drug-likeness (QED) is 0.643. The summed E-state index contributed by atoms with van der Waals surface area (Å²) in [5, 5.41) is 3.33. The zero-order valence-electron chi connectivity index (χ0n) is 10.3. The lowest BCUT2D eigenvalue weighted by atomic mass is 10.2. The van der Waals surface area contributed by atoms with E-state index < -0.39 is 0 Å². The summed E-state index contributed by atoms with van der Waals surface area (Å²) < 4.78 is 5.11. The lowest BCUT2D eigenvalue weighted by Crippen LogP contribution is -2.43. The highest BCUT2D eigenvalue weighted by molar-refractivity contribution is 4.71. The van der Waals surface area contributed by atoms with Gasteiger partial charge in [-0.2, -0.15) is 0 Å². The Hall–Kier alpha value is -0.120. The Bertz CT molecular complexity index is 124. The first-order valence-electron chi connectivity index (χ1n) is 5.55. The standard InChI is InChI=1S/C11H26N2O/c1-6-11(12-4)9-13(10(2)3)7-8-14-5/h10-12H,6-9H2,1-5H3. The molecule has 0 aliphatic rings. The van der Waals surface area contributed by atoms with Crippen molar-refractivity contribution >= 4 is 0 Å². The van der Waals surface area contributed by atoms with E-state index in [9.17, 15) is 0 Å². The minimum Gasteiger partial charge on any atom is -0.383 e. The summed E-state index contributed by atoms with van der Waals surface area (Å²) in [6.07, 6.45) is 1.17. The molecule has 0 spiro atoms. The second kappa shape index (κ2) is 8.21. The summed E-state index contributed by atoms with van der Waals surface area (Å²) in [5.41, 5.74) is 0. The SMILES string of the molecule is CCC(CN(CCOC)C(C)C)NC. The zero-order valence-corrected chi connectivity index (χ0v) is 10.3. The van der Waals surface area contributed by atoms with Crippen molar-refractivity contribution in [2.24, 2.45) is 0 Å². The molecule has 1 atom stereocenters. The molecule has 0 rings (SSSR count). The number of ether oxygens (including phenoxy) is 1. The predicted molar refractivity (Wildman–Crippen MR) is 61.7 cm³/mol. The van der Waals surface area contributed by atoms with E-state index in [1.54, 1.807) is 7.11 Å². The Morgan fingerprint density at radius 3 is 2.36 bits per heavy atom. The molecule has 0 aromatic rings. The summed E-state index contributed by atoms with van der Waals surface area (Å²) >= 11 is 0. The summed E-state index contributed by atoms with van der Waals surface area (Å²) in [7, 11) is 3.79. The van der Waals surface area contributed by atoms with Crippen LogP contribution in [-0.4, -0.2) is 50.8 Å².